The third-order valence-electron chi connectivity index (χ3n) is 4.23. The minimum atomic E-state index is -4.26. The van der Waals surface area contributed by atoms with Gasteiger partial charge >= 0.3 is 5.97 Å². The van der Waals surface area contributed by atoms with Crippen LogP contribution in [0.2, 0.25) is 0 Å². The molecule has 0 unspecified atom stereocenters. The van der Waals surface area contributed by atoms with Crippen molar-refractivity contribution in [3.8, 4) is 5.75 Å². The van der Waals surface area contributed by atoms with E-state index in [9.17, 15) is 23.1 Å². The van der Waals surface area contributed by atoms with Crippen LogP contribution in [0, 0.1) is 0 Å². The number of primary amides is 1. The van der Waals surface area contributed by atoms with Gasteiger partial charge in [-0.05, 0) is 51.8 Å². The number of rotatable bonds is 8. The van der Waals surface area contributed by atoms with Gasteiger partial charge in [-0.25, -0.2) is 13.2 Å². The summed E-state index contributed by atoms with van der Waals surface area (Å²) in [4.78, 5) is 27.4. The van der Waals surface area contributed by atoms with E-state index < -0.39 is 27.5 Å². The van der Waals surface area contributed by atoms with Crippen molar-refractivity contribution in [3.63, 3.8) is 0 Å². The van der Waals surface area contributed by atoms with Crippen LogP contribution < -0.4 is 14.8 Å². The monoisotopic (exact) mass is 525 g/mol. The summed E-state index contributed by atoms with van der Waals surface area (Å²) in [5.74, 6) is -2.00. The van der Waals surface area contributed by atoms with Crippen molar-refractivity contribution in [2.24, 2.45) is 5.73 Å². The van der Waals surface area contributed by atoms with Crippen molar-refractivity contribution in [2.45, 2.75) is 11.4 Å². The van der Waals surface area contributed by atoms with E-state index in [0.717, 1.165) is 15.6 Å². The summed E-state index contributed by atoms with van der Waals surface area (Å²) < 4.78 is 33.3. The van der Waals surface area contributed by atoms with Gasteiger partial charge in [0.1, 0.15) is 16.2 Å². The molecule has 1 aromatic carbocycles. The SMILES string of the molecule is COc1ccc(S(=O)(=O)N(Cc2cccnc2)c2c(Br)sc(C(N)=O)c2C(=O)O)cc1. The van der Waals surface area contributed by atoms with Crippen molar-refractivity contribution in [1.82, 2.24) is 4.98 Å². The maximum absolute atomic E-state index is 13.6. The summed E-state index contributed by atoms with van der Waals surface area (Å²) in [6.07, 6.45) is 2.99. The molecule has 0 bridgehead atoms. The zero-order valence-electron chi connectivity index (χ0n) is 16.0. The lowest BCUT2D eigenvalue weighted by molar-refractivity contribution is 0.0694. The van der Waals surface area contributed by atoms with Crippen LogP contribution in [0.25, 0.3) is 0 Å². The number of methoxy groups -OCH3 is 1. The molecule has 3 aromatic rings. The van der Waals surface area contributed by atoms with Gasteiger partial charge in [0.2, 0.25) is 0 Å². The molecule has 12 heteroatoms. The van der Waals surface area contributed by atoms with Crippen LogP contribution in [0.3, 0.4) is 0 Å². The first kappa shape index (κ1) is 22.7. The first-order chi connectivity index (χ1) is 14.7. The zero-order valence-corrected chi connectivity index (χ0v) is 19.2. The number of hydrogen-bond acceptors (Lipinski definition) is 7. The number of hydrogen-bond donors (Lipinski definition) is 2. The van der Waals surface area contributed by atoms with E-state index in [4.69, 9.17) is 10.5 Å². The largest absolute Gasteiger partial charge is 0.497 e. The molecule has 2 aromatic heterocycles. The molecule has 0 saturated carbocycles. The molecule has 0 spiro atoms. The summed E-state index contributed by atoms with van der Waals surface area (Å²) >= 11 is 3.97. The number of nitrogens with zero attached hydrogens (tertiary/aromatic N) is 2. The molecular formula is C19H16BrN3O6S2. The molecule has 0 saturated heterocycles. The van der Waals surface area contributed by atoms with Crippen LogP contribution in [-0.2, 0) is 16.6 Å². The van der Waals surface area contributed by atoms with Gasteiger partial charge in [0.25, 0.3) is 15.9 Å². The van der Waals surface area contributed by atoms with E-state index in [0.29, 0.717) is 11.3 Å². The van der Waals surface area contributed by atoms with Gasteiger partial charge in [-0.2, -0.15) is 0 Å². The summed E-state index contributed by atoms with van der Waals surface area (Å²) in [5, 5.41) is 9.76. The van der Waals surface area contributed by atoms with E-state index in [1.807, 2.05) is 0 Å². The number of carboxylic acid groups (broad SMARTS) is 1. The second kappa shape index (κ2) is 9.04. The number of benzene rings is 1. The smallest absolute Gasteiger partial charge is 0.339 e. The number of carbonyl (C=O) groups excluding carboxylic acids is 1. The number of carboxylic acids is 1. The van der Waals surface area contributed by atoms with Gasteiger partial charge in [-0.3, -0.25) is 14.1 Å². The number of sulfonamides is 1. The van der Waals surface area contributed by atoms with Crippen LogP contribution in [0.4, 0.5) is 5.69 Å². The molecule has 2 heterocycles. The first-order valence-corrected chi connectivity index (χ1v) is 11.6. The Labute approximate surface area is 190 Å². The minimum absolute atomic E-state index is 0.0905. The molecule has 0 aliphatic heterocycles. The molecule has 162 valence electrons. The Bertz CT molecular complexity index is 1230. The van der Waals surface area contributed by atoms with Gasteiger partial charge in [-0.1, -0.05) is 6.07 Å². The van der Waals surface area contributed by atoms with Crippen LogP contribution in [-0.4, -0.2) is 37.5 Å². The molecular weight excluding hydrogens is 510 g/mol. The van der Waals surface area contributed by atoms with Gasteiger partial charge in [0, 0.05) is 12.4 Å². The standard InChI is InChI=1S/C19H16BrN3O6S2/c1-29-12-4-6-13(7-5-12)31(27,28)23(10-11-3-2-8-22-9-11)15-14(19(25)26)16(18(21)24)30-17(15)20/h2-9H,10H2,1H3,(H2,21,24)(H,25,26). The highest BCUT2D eigenvalue weighted by Crippen LogP contribution is 2.43. The Balaban J connectivity index is 2.25. The van der Waals surface area contributed by atoms with E-state index >= 15 is 0 Å². The summed E-state index contributed by atoms with van der Waals surface area (Å²) in [6.45, 7) is -0.226. The van der Waals surface area contributed by atoms with Gasteiger partial charge in [0.15, 0.2) is 0 Å². The number of anilines is 1. The van der Waals surface area contributed by atoms with Crippen molar-refractivity contribution < 1.29 is 27.9 Å². The predicted molar refractivity (Wildman–Crippen MR) is 118 cm³/mol. The van der Waals surface area contributed by atoms with Crippen molar-refractivity contribution in [3.05, 3.63) is 68.6 Å². The van der Waals surface area contributed by atoms with Crippen LogP contribution in [0.15, 0.2) is 57.5 Å². The number of thiophene rings is 1. The summed E-state index contributed by atoms with van der Waals surface area (Å²) in [5.41, 5.74) is 5.16. The lowest BCUT2D eigenvalue weighted by atomic mass is 10.2. The second-order valence-electron chi connectivity index (χ2n) is 6.15. The number of amides is 1. The van der Waals surface area contributed by atoms with Gasteiger partial charge < -0.3 is 15.6 Å². The van der Waals surface area contributed by atoms with E-state index in [1.165, 1.54) is 43.8 Å². The lowest BCUT2D eigenvalue weighted by Gasteiger charge is -2.25. The molecule has 0 aliphatic rings. The van der Waals surface area contributed by atoms with Crippen molar-refractivity contribution in [2.75, 3.05) is 11.4 Å². The normalized spacial score (nSPS) is 11.2. The molecule has 0 aliphatic carbocycles. The number of nitrogens with two attached hydrogens (primary N) is 1. The molecule has 3 rings (SSSR count). The number of aromatic carboxylic acids is 1. The number of halogens is 1. The third-order valence-corrected chi connectivity index (χ3v) is 7.83. The topological polar surface area (TPSA) is 140 Å². The van der Waals surface area contributed by atoms with E-state index in [2.05, 4.69) is 20.9 Å². The second-order valence-corrected chi connectivity index (χ2v) is 10.3. The maximum atomic E-state index is 13.6. The average Bonchev–Trinajstić information content (AvgIpc) is 3.10. The predicted octanol–water partition coefficient (Wildman–Crippen LogP) is 3.11. The molecule has 1 amide bonds. The van der Waals surface area contributed by atoms with Crippen LogP contribution >= 0.6 is 27.3 Å². The average molecular weight is 526 g/mol. The van der Waals surface area contributed by atoms with Crippen molar-refractivity contribution in [1.29, 1.82) is 0 Å². The highest BCUT2D eigenvalue weighted by molar-refractivity contribution is 9.11. The Kier molecular flexibility index (Phi) is 6.62. The van der Waals surface area contributed by atoms with Crippen LogP contribution in [0.1, 0.15) is 25.6 Å². The van der Waals surface area contributed by atoms with E-state index in [-0.39, 0.29) is 25.8 Å². The Morgan fingerprint density at radius 2 is 1.94 bits per heavy atom. The Hall–Kier alpha value is -2.96. The Morgan fingerprint density at radius 3 is 2.45 bits per heavy atom. The van der Waals surface area contributed by atoms with Crippen LogP contribution in [0.5, 0.6) is 5.75 Å². The van der Waals surface area contributed by atoms with Gasteiger partial charge in [0.05, 0.1) is 28.0 Å². The highest BCUT2D eigenvalue weighted by atomic mass is 79.9. The molecule has 0 atom stereocenters. The highest BCUT2D eigenvalue weighted by Gasteiger charge is 2.35. The van der Waals surface area contributed by atoms with Crippen molar-refractivity contribution >= 4 is 54.9 Å². The quantitative estimate of drug-likeness (QED) is 0.460. The zero-order chi connectivity index (χ0) is 22.8. The summed E-state index contributed by atoms with van der Waals surface area (Å²) in [6, 6.07) is 8.93. The molecule has 0 fully saturated rings. The number of carbonyl (C=O) groups is 2. The number of ether oxygens (including phenoxy) is 1. The number of aromatic nitrogens is 1. The minimum Gasteiger partial charge on any atom is -0.497 e. The maximum Gasteiger partial charge on any atom is 0.339 e. The molecule has 31 heavy (non-hydrogen) atoms. The first-order valence-electron chi connectivity index (χ1n) is 8.58. The fourth-order valence-electron chi connectivity index (χ4n) is 2.81. The van der Waals surface area contributed by atoms with Gasteiger partial charge in [-0.15, -0.1) is 11.3 Å². The lowest BCUT2D eigenvalue weighted by Crippen LogP contribution is -2.32. The van der Waals surface area contributed by atoms with E-state index in [1.54, 1.807) is 12.1 Å². The third kappa shape index (κ3) is 4.55. The summed E-state index contributed by atoms with van der Waals surface area (Å²) in [7, 11) is -2.81. The molecule has 0 radical (unpaired) electrons. The Morgan fingerprint density at radius 1 is 1.26 bits per heavy atom. The molecule has 3 N–H and O–H groups in total. The molecule has 9 nitrogen and oxygen atoms in total. The fourth-order valence-corrected chi connectivity index (χ4v) is 6.23. The number of pyridine rings is 1. The fraction of sp³-hybridized carbons (Fsp3) is 0.105.